The van der Waals surface area contributed by atoms with Crippen molar-refractivity contribution < 1.29 is 0 Å². The SMILES string of the molecule is CCCCn1c(=O)[nH]c2cc3c(NCc4ccccc4)ncnc3cc21. The molecule has 0 amide bonds. The fraction of sp³-hybridized carbons (Fsp3) is 0.250. The number of unbranched alkanes of at least 4 members (excludes halogenated alkanes) is 1. The second kappa shape index (κ2) is 7.00. The van der Waals surface area contributed by atoms with E-state index in [2.05, 4.69) is 39.3 Å². The van der Waals surface area contributed by atoms with Crippen LogP contribution in [0.2, 0.25) is 0 Å². The summed E-state index contributed by atoms with van der Waals surface area (Å²) in [6.45, 7) is 3.51. The van der Waals surface area contributed by atoms with E-state index in [1.54, 1.807) is 10.9 Å². The number of nitrogens with zero attached hydrogens (tertiary/aromatic N) is 3. The van der Waals surface area contributed by atoms with Crippen LogP contribution in [0.4, 0.5) is 5.82 Å². The van der Waals surface area contributed by atoms with E-state index in [4.69, 9.17) is 0 Å². The van der Waals surface area contributed by atoms with Gasteiger partial charge in [0.1, 0.15) is 12.1 Å². The Morgan fingerprint density at radius 1 is 1.15 bits per heavy atom. The summed E-state index contributed by atoms with van der Waals surface area (Å²) in [4.78, 5) is 24.0. The largest absolute Gasteiger partial charge is 0.365 e. The van der Waals surface area contributed by atoms with Gasteiger partial charge in [0.2, 0.25) is 0 Å². The van der Waals surface area contributed by atoms with Gasteiger partial charge in [-0.05, 0) is 24.1 Å². The smallest absolute Gasteiger partial charge is 0.326 e. The first kappa shape index (κ1) is 16.3. The van der Waals surface area contributed by atoms with E-state index in [0.717, 1.165) is 40.6 Å². The Bertz CT molecular complexity index is 1100. The fourth-order valence-electron chi connectivity index (χ4n) is 3.17. The molecule has 6 heteroatoms. The van der Waals surface area contributed by atoms with Gasteiger partial charge in [0.25, 0.3) is 0 Å². The van der Waals surface area contributed by atoms with Crippen molar-refractivity contribution in [3.8, 4) is 0 Å². The first-order chi connectivity index (χ1) is 12.8. The molecule has 0 atom stereocenters. The molecular formula is C20H21N5O. The molecule has 0 fully saturated rings. The van der Waals surface area contributed by atoms with Crippen molar-refractivity contribution in [2.24, 2.45) is 0 Å². The van der Waals surface area contributed by atoms with Crippen molar-refractivity contribution in [3.63, 3.8) is 0 Å². The minimum atomic E-state index is -0.0736. The average molecular weight is 347 g/mol. The van der Waals surface area contributed by atoms with E-state index in [1.807, 2.05) is 30.3 Å². The second-order valence-electron chi connectivity index (χ2n) is 6.38. The molecule has 4 aromatic rings. The molecule has 0 unspecified atom stereocenters. The topological polar surface area (TPSA) is 75.6 Å². The van der Waals surface area contributed by atoms with Gasteiger partial charge in [0.15, 0.2) is 0 Å². The Morgan fingerprint density at radius 2 is 2.00 bits per heavy atom. The molecule has 4 rings (SSSR count). The van der Waals surface area contributed by atoms with E-state index in [9.17, 15) is 4.79 Å². The van der Waals surface area contributed by atoms with Gasteiger partial charge < -0.3 is 10.3 Å². The maximum atomic E-state index is 12.3. The zero-order chi connectivity index (χ0) is 17.9. The van der Waals surface area contributed by atoms with Crippen LogP contribution in [-0.2, 0) is 13.1 Å². The van der Waals surface area contributed by atoms with Gasteiger partial charge in [-0.1, -0.05) is 43.7 Å². The number of rotatable bonds is 6. The highest BCUT2D eigenvalue weighted by atomic mass is 16.1. The van der Waals surface area contributed by atoms with Gasteiger partial charge in [-0.15, -0.1) is 0 Å². The molecule has 26 heavy (non-hydrogen) atoms. The van der Waals surface area contributed by atoms with Crippen LogP contribution in [0.15, 0.2) is 53.6 Å². The molecule has 2 aromatic heterocycles. The summed E-state index contributed by atoms with van der Waals surface area (Å²) in [6, 6.07) is 14.1. The van der Waals surface area contributed by atoms with Crippen LogP contribution in [0.1, 0.15) is 25.3 Å². The van der Waals surface area contributed by atoms with Crippen LogP contribution in [0.3, 0.4) is 0 Å². The highest BCUT2D eigenvalue weighted by molar-refractivity contribution is 5.98. The van der Waals surface area contributed by atoms with Crippen LogP contribution in [0.25, 0.3) is 21.9 Å². The molecule has 0 saturated carbocycles. The summed E-state index contributed by atoms with van der Waals surface area (Å²) in [5.74, 6) is 0.767. The number of nitrogens with one attached hydrogen (secondary N) is 2. The molecule has 0 aliphatic heterocycles. The first-order valence-electron chi connectivity index (χ1n) is 8.91. The number of aryl methyl sites for hydroxylation is 1. The lowest BCUT2D eigenvalue weighted by molar-refractivity contribution is 0.629. The van der Waals surface area contributed by atoms with Crippen molar-refractivity contribution in [2.45, 2.75) is 32.9 Å². The van der Waals surface area contributed by atoms with Crippen LogP contribution in [-0.4, -0.2) is 19.5 Å². The standard InChI is InChI=1S/C20H21N5O/c1-2-3-9-25-18-11-16-15(10-17(18)24-20(25)26)19(23-13-22-16)21-12-14-7-5-4-6-8-14/h4-8,10-11,13H,2-3,9,12H2,1H3,(H,24,26)(H,21,22,23). The summed E-state index contributed by atoms with van der Waals surface area (Å²) < 4.78 is 1.79. The highest BCUT2D eigenvalue weighted by Gasteiger charge is 2.11. The number of imidazole rings is 1. The molecule has 0 bridgehead atoms. The van der Waals surface area contributed by atoms with Gasteiger partial charge in [-0.3, -0.25) is 4.57 Å². The molecular weight excluding hydrogens is 326 g/mol. The lowest BCUT2D eigenvalue weighted by atomic mass is 10.2. The third-order valence-corrected chi connectivity index (χ3v) is 4.57. The first-order valence-corrected chi connectivity index (χ1v) is 8.91. The summed E-state index contributed by atoms with van der Waals surface area (Å²) in [7, 11) is 0. The molecule has 0 aliphatic rings. The summed E-state index contributed by atoms with van der Waals surface area (Å²) in [6.07, 6.45) is 3.57. The lowest BCUT2D eigenvalue weighted by Crippen LogP contribution is -2.16. The van der Waals surface area contributed by atoms with E-state index in [0.29, 0.717) is 13.1 Å². The Morgan fingerprint density at radius 3 is 2.81 bits per heavy atom. The lowest BCUT2D eigenvalue weighted by Gasteiger charge is -2.09. The number of hydrogen-bond donors (Lipinski definition) is 2. The van der Waals surface area contributed by atoms with Crippen LogP contribution in [0.5, 0.6) is 0 Å². The predicted molar refractivity (Wildman–Crippen MR) is 104 cm³/mol. The van der Waals surface area contributed by atoms with E-state index in [1.165, 1.54) is 5.56 Å². The molecule has 0 saturated heterocycles. The molecule has 0 spiro atoms. The monoisotopic (exact) mass is 347 g/mol. The molecule has 2 heterocycles. The van der Waals surface area contributed by atoms with Gasteiger partial charge >= 0.3 is 5.69 Å². The molecule has 2 N–H and O–H groups in total. The molecule has 132 valence electrons. The molecule has 0 aliphatic carbocycles. The number of aromatic nitrogens is 4. The Balaban J connectivity index is 1.74. The van der Waals surface area contributed by atoms with E-state index < -0.39 is 0 Å². The highest BCUT2D eigenvalue weighted by Crippen LogP contribution is 2.24. The predicted octanol–water partition coefficient (Wildman–Crippen LogP) is 3.69. The minimum absolute atomic E-state index is 0.0736. The quantitative estimate of drug-likeness (QED) is 0.558. The Hall–Kier alpha value is -3.15. The number of hydrogen-bond acceptors (Lipinski definition) is 4. The maximum absolute atomic E-state index is 12.3. The van der Waals surface area contributed by atoms with Gasteiger partial charge in [0, 0.05) is 18.5 Å². The number of benzene rings is 2. The third-order valence-electron chi connectivity index (χ3n) is 4.57. The van der Waals surface area contributed by atoms with Crippen molar-refractivity contribution in [1.82, 2.24) is 19.5 Å². The minimum Gasteiger partial charge on any atom is -0.365 e. The van der Waals surface area contributed by atoms with E-state index in [-0.39, 0.29) is 5.69 Å². The molecule has 6 nitrogen and oxygen atoms in total. The van der Waals surface area contributed by atoms with Crippen LogP contribution < -0.4 is 11.0 Å². The zero-order valence-electron chi connectivity index (χ0n) is 14.7. The van der Waals surface area contributed by atoms with Crippen molar-refractivity contribution >= 4 is 27.8 Å². The molecule has 0 radical (unpaired) electrons. The van der Waals surface area contributed by atoms with Crippen LogP contribution >= 0.6 is 0 Å². The Labute approximate surface area is 150 Å². The number of anilines is 1. The van der Waals surface area contributed by atoms with Gasteiger partial charge in [-0.25, -0.2) is 14.8 Å². The second-order valence-corrected chi connectivity index (χ2v) is 6.38. The number of H-pyrrole nitrogens is 1. The van der Waals surface area contributed by atoms with Crippen molar-refractivity contribution in [3.05, 3.63) is 64.8 Å². The third kappa shape index (κ3) is 3.06. The zero-order valence-corrected chi connectivity index (χ0v) is 14.7. The number of fused-ring (bicyclic) bond motifs is 2. The average Bonchev–Trinajstić information content (AvgIpc) is 2.98. The summed E-state index contributed by atoms with van der Waals surface area (Å²) in [5, 5.41) is 4.28. The van der Waals surface area contributed by atoms with Crippen molar-refractivity contribution in [1.29, 1.82) is 0 Å². The van der Waals surface area contributed by atoms with E-state index >= 15 is 0 Å². The molecule has 2 aromatic carbocycles. The normalized spacial score (nSPS) is 11.3. The maximum Gasteiger partial charge on any atom is 0.326 e. The summed E-state index contributed by atoms with van der Waals surface area (Å²) in [5.41, 5.74) is 3.64. The van der Waals surface area contributed by atoms with Gasteiger partial charge in [-0.2, -0.15) is 0 Å². The fourth-order valence-corrected chi connectivity index (χ4v) is 3.17. The van der Waals surface area contributed by atoms with Crippen LogP contribution in [0, 0.1) is 0 Å². The Kier molecular flexibility index (Phi) is 4.39. The number of aromatic amines is 1. The van der Waals surface area contributed by atoms with Crippen molar-refractivity contribution in [2.75, 3.05) is 5.32 Å². The van der Waals surface area contributed by atoms with Gasteiger partial charge in [0.05, 0.1) is 16.6 Å². The summed E-state index contributed by atoms with van der Waals surface area (Å²) >= 11 is 0.